The number of nitrogens with one attached hydrogen (secondary N) is 1. The first-order valence-corrected chi connectivity index (χ1v) is 9.14. The lowest BCUT2D eigenvalue weighted by Gasteiger charge is -2.21. The quantitative estimate of drug-likeness (QED) is 0.808. The zero-order valence-electron chi connectivity index (χ0n) is 11.8. The molecule has 1 atom stereocenters. The topological polar surface area (TPSA) is 72.5 Å². The van der Waals surface area contributed by atoms with E-state index in [2.05, 4.69) is 5.32 Å². The first kappa shape index (κ1) is 17.4. The zero-order valence-corrected chi connectivity index (χ0v) is 14.2. The van der Waals surface area contributed by atoms with Gasteiger partial charge in [-0.3, -0.25) is 4.79 Å². The summed E-state index contributed by atoms with van der Waals surface area (Å²) in [5.74, 6) is -0.114. The fourth-order valence-corrected chi connectivity index (χ4v) is 4.21. The van der Waals surface area contributed by atoms with Gasteiger partial charge in [0.2, 0.25) is 0 Å². The van der Waals surface area contributed by atoms with Gasteiger partial charge in [0.15, 0.2) is 0 Å². The van der Waals surface area contributed by atoms with Crippen LogP contribution in [0.15, 0.2) is 11.0 Å². The summed E-state index contributed by atoms with van der Waals surface area (Å²) in [6.07, 6.45) is 0. The molecule has 1 aromatic heterocycles. The van der Waals surface area contributed by atoms with Gasteiger partial charge in [0, 0.05) is 22.7 Å². The first-order valence-electron chi connectivity index (χ1n) is 6.01. The molecule has 1 rings (SSSR count). The summed E-state index contributed by atoms with van der Waals surface area (Å²) in [6, 6.07) is 1.17. The lowest BCUT2D eigenvalue weighted by molar-refractivity contribution is 0.0870. The van der Waals surface area contributed by atoms with E-state index in [1.165, 1.54) is 6.07 Å². The van der Waals surface area contributed by atoms with Crippen LogP contribution >= 0.6 is 22.0 Å². The number of halogens is 1. The maximum atomic E-state index is 12.1. The highest BCUT2D eigenvalue weighted by atomic mass is 35.7. The molecule has 1 heterocycles. The predicted molar refractivity (Wildman–Crippen MR) is 80.1 cm³/mol. The summed E-state index contributed by atoms with van der Waals surface area (Å²) in [7, 11) is 3.06. The third-order valence-corrected chi connectivity index (χ3v) is 5.45. The summed E-state index contributed by atoms with van der Waals surface area (Å²) in [5, 5.41) is 2.83. The second-order valence-corrected chi connectivity index (χ2v) is 8.54. The van der Waals surface area contributed by atoms with E-state index >= 15 is 0 Å². The van der Waals surface area contributed by atoms with Gasteiger partial charge < -0.3 is 10.1 Å². The summed E-state index contributed by atoms with van der Waals surface area (Å²) < 4.78 is 27.7. The fourth-order valence-electron chi connectivity index (χ4n) is 1.64. The van der Waals surface area contributed by atoms with Crippen LogP contribution in [-0.2, 0) is 13.8 Å². The Bertz CT molecular complexity index is 580. The number of aryl methyl sites for hydroxylation is 1. The average Bonchev–Trinajstić information content (AvgIpc) is 2.70. The maximum Gasteiger partial charge on any atom is 0.262 e. The molecule has 1 unspecified atom stereocenters. The largest absolute Gasteiger partial charge is 0.383 e. The van der Waals surface area contributed by atoms with Crippen molar-refractivity contribution < 1.29 is 17.9 Å². The van der Waals surface area contributed by atoms with Crippen molar-refractivity contribution in [3.8, 4) is 0 Å². The Morgan fingerprint density at radius 2 is 2.10 bits per heavy atom. The Balaban J connectivity index is 2.93. The zero-order chi connectivity index (χ0) is 15.5. The van der Waals surface area contributed by atoms with Crippen LogP contribution in [0, 0.1) is 12.8 Å². The number of carbonyl (C=O) groups excluding carboxylic acids is 1. The number of hydrogen-bond donors (Lipinski definition) is 1. The van der Waals surface area contributed by atoms with Gasteiger partial charge in [0.25, 0.3) is 15.0 Å². The molecule has 1 aromatic rings. The molecule has 20 heavy (non-hydrogen) atoms. The van der Waals surface area contributed by atoms with Crippen LogP contribution in [0.5, 0.6) is 0 Å². The van der Waals surface area contributed by atoms with Crippen molar-refractivity contribution in [3.63, 3.8) is 0 Å². The molecular formula is C12H18ClNO4S2. The minimum Gasteiger partial charge on any atom is -0.383 e. The van der Waals surface area contributed by atoms with Gasteiger partial charge in [-0.1, -0.05) is 13.8 Å². The van der Waals surface area contributed by atoms with Crippen molar-refractivity contribution in [2.75, 3.05) is 13.7 Å². The molecule has 0 fully saturated rings. The van der Waals surface area contributed by atoms with Crippen LogP contribution < -0.4 is 5.32 Å². The van der Waals surface area contributed by atoms with Crippen molar-refractivity contribution >= 4 is 37.0 Å². The van der Waals surface area contributed by atoms with Crippen LogP contribution in [0.1, 0.15) is 28.4 Å². The number of amides is 1. The molecule has 0 spiro atoms. The third kappa shape index (κ3) is 4.44. The van der Waals surface area contributed by atoms with E-state index in [-0.39, 0.29) is 22.8 Å². The highest BCUT2D eigenvalue weighted by molar-refractivity contribution is 8.13. The van der Waals surface area contributed by atoms with E-state index in [9.17, 15) is 13.2 Å². The van der Waals surface area contributed by atoms with Gasteiger partial charge in [-0.15, -0.1) is 11.3 Å². The number of methoxy groups -OCH3 is 1. The summed E-state index contributed by atoms with van der Waals surface area (Å²) >= 11 is 1.10. The Morgan fingerprint density at radius 3 is 2.50 bits per heavy atom. The van der Waals surface area contributed by atoms with E-state index in [0.717, 1.165) is 11.3 Å². The fraction of sp³-hybridized carbons (Fsp3) is 0.583. The Labute approximate surface area is 127 Å². The minimum atomic E-state index is -3.82. The van der Waals surface area contributed by atoms with E-state index in [1.807, 2.05) is 13.8 Å². The van der Waals surface area contributed by atoms with Crippen LogP contribution in [-0.4, -0.2) is 34.1 Å². The minimum absolute atomic E-state index is 0.0119. The Hall–Kier alpha value is -0.630. The van der Waals surface area contributed by atoms with Crippen LogP contribution in [0.4, 0.5) is 0 Å². The van der Waals surface area contributed by atoms with E-state index in [4.69, 9.17) is 15.4 Å². The molecule has 1 N–H and O–H groups in total. The SMILES string of the molecule is COCC(NC(=O)c1cc(S(=O)(=O)Cl)c(C)s1)C(C)C. The van der Waals surface area contributed by atoms with Crippen molar-refractivity contribution in [3.05, 3.63) is 15.8 Å². The number of hydrogen-bond acceptors (Lipinski definition) is 5. The lowest BCUT2D eigenvalue weighted by Crippen LogP contribution is -2.41. The van der Waals surface area contributed by atoms with Crippen LogP contribution in [0.2, 0.25) is 0 Å². The molecule has 8 heteroatoms. The van der Waals surface area contributed by atoms with Crippen LogP contribution in [0.3, 0.4) is 0 Å². The normalized spacial score (nSPS) is 13.5. The molecule has 0 radical (unpaired) electrons. The molecule has 0 aliphatic carbocycles. The molecule has 0 bridgehead atoms. The predicted octanol–water partition coefficient (Wildman–Crippen LogP) is 2.38. The molecule has 0 saturated heterocycles. The lowest BCUT2D eigenvalue weighted by atomic mass is 10.1. The van der Waals surface area contributed by atoms with Crippen molar-refractivity contribution in [1.82, 2.24) is 5.32 Å². The second kappa shape index (κ2) is 6.89. The molecule has 0 aromatic carbocycles. The third-order valence-electron chi connectivity index (χ3n) is 2.83. The smallest absolute Gasteiger partial charge is 0.262 e. The monoisotopic (exact) mass is 339 g/mol. The summed E-state index contributed by atoms with van der Waals surface area (Å²) in [4.78, 5) is 12.9. The Kier molecular flexibility index (Phi) is 6.00. The number of rotatable bonds is 6. The number of thiophene rings is 1. The molecule has 0 aliphatic heterocycles. The standard InChI is InChI=1S/C12H18ClNO4S2/c1-7(2)9(6-18-4)14-12(15)10-5-11(8(3)19-10)20(13,16)17/h5,7,9H,6H2,1-4H3,(H,14,15). The second-order valence-electron chi connectivity index (χ2n) is 4.75. The molecule has 5 nitrogen and oxygen atoms in total. The van der Waals surface area contributed by atoms with E-state index in [1.54, 1.807) is 14.0 Å². The summed E-state index contributed by atoms with van der Waals surface area (Å²) in [5.41, 5.74) is 0. The van der Waals surface area contributed by atoms with Crippen molar-refractivity contribution in [1.29, 1.82) is 0 Å². The highest BCUT2D eigenvalue weighted by Crippen LogP contribution is 2.28. The van der Waals surface area contributed by atoms with Crippen molar-refractivity contribution in [2.45, 2.75) is 31.7 Å². The molecule has 0 aliphatic rings. The summed E-state index contributed by atoms with van der Waals surface area (Å²) in [6.45, 7) is 5.96. The molecular weight excluding hydrogens is 322 g/mol. The van der Waals surface area contributed by atoms with Gasteiger partial charge in [-0.05, 0) is 18.9 Å². The van der Waals surface area contributed by atoms with Gasteiger partial charge >= 0.3 is 0 Å². The van der Waals surface area contributed by atoms with Gasteiger partial charge in [0.05, 0.1) is 22.4 Å². The first-order chi connectivity index (χ1) is 9.16. The maximum absolute atomic E-state index is 12.1. The number of carbonyl (C=O) groups is 1. The average molecular weight is 340 g/mol. The van der Waals surface area contributed by atoms with Crippen molar-refractivity contribution in [2.24, 2.45) is 5.92 Å². The number of ether oxygens (including phenoxy) is 1. The van der Waals surface area contributed by atoms with E-state index in [0.29, 0.717) is 16.4 Å². The van der Waals surface area contributed by atoms with Crippen LogP contribution in [0.25, 0.3) is 0 Å². The molecule has 1 amide bonds. The Morgan fingerprint density at radius 1 is 1.50 bits per heavy atom. The van der Waals surface area contributed by atoms with Gasteiger partial charge in [0.1, 0.15) is 0 Å². The highest BCUT2D eigenvalue weighted by Gasteiger charge is 2.22. The molecule has 0 saturated carbocycles. The van der Waals surface area contributed by atoms with Gasteiger partial charge in [-0.2, -0.15) is 0 Å². The molecule has 114 valence electrons. The van der Waals surface area contributed by atoms with E-state index < -0.39 is 9.05 Å². The van der Waals surface area contributed by atoms with Gasteiger partial charge in [-0.25, -0.2) is 8.42 Å².